The van der Waals surface area contributed by atoms with Gasteiger partial charge in [0.05, 0.1) is 6.61 Å². The van der Waals surface area contributed by atoms with Gasteiger partial charge in [-0.1, -0.05) is 11.6 Å². The summed E-state index contributed by atoms with van der Waals surface area (Å²) in [5.74, 6) is -2.44. The van der Waals surface area contributed by atoms with Crippen molar-refractivity contribution in [2.45, 2.75) is 37.9 Å². The molecule has 0 unspecified atom stereocenters. The number of halogens is 4. The zero-order valence-electron chi connectivity index (χ0n) is 18.0. The molecule has 2 N–H and O–H groups in total. The SMILES string of the molecule is CCOC(=O)CCc1cc(F)ccc1OC[C@]1(O)CCN(c2c(F)cc(Cl)cc2F)C[C@H]1O. The highest BCUT2D eigenvalue weighted by atomic mass is 35.5. The molecular formula is C23H25ClF3NO5. The van der Waals surface area contributed by atoms with Crippen LogP contribution in [0.3, 0.4) is 0 Å². The second kappa shape index (κ2) is 10.6. The van der Waals surface area contributed by atoms with Gasteiger partial charge in [-0.05, 0) is 55.7 Å². The molecule has 3 rings (SSSR count). The van der Waals surface area contributed by atoms with Crippen molar-refractivity contribution in [2.24, 2.45) is 0 Å². The molecule has 0 saturated carbocycles. The smallest absolute Gasteiger partial charge is 0.306 e. The number of anilines is 1. The van der Waals surface area contributed by atoms with E-state index in [1.54, 1.807) is 6.92 Å². The van der Waals surface area contributed by atoms with E-state index in [9.17, 15) is 28.2 Å². The lowest BCUT2D eigenvalue weighted by atomic mass is 9.89. The molecule has 33 heavy (non-hydrogen) atoms. The Bertz CT molecular complexity index is 985. The van der Waals surface area contributed by atoms with Gasteiger partial charge in [0.25, 0.3) is 0 Å². The van der Waals surface area contributed by atoms with Crippen molar-refractivity contribution in [3.8, 4) is 5.75 Å². The van der Waals surface area contributed by atoms with Gasteiger partial charge < -0.3 is 24.6 Å². The first-order valence-corrected chi connectivity index (χ1v) is 10.9. The van der Waals surface area contributed by atoms with Gasteiger partial charge in [-0.25, -0.2) is 13.2 Å². The van der Waals surface area contributed by atoms with Crippen molar-refractivity contribution in [1.82, 2.24) is 0 Å². The van der Waals surface area contributed by atoms with Gasteiger partial charge in [0.1, 0.15) is 35.6 Å². The van der Waals surface area contributed by atoms with Gasteiger partial charge in [0.15, 0.2) is 11.6 Å². The van der Waals surface area contributed by atoms with E-state index in [0.29, 0.717) is 5.56 Å². The van der Waals surface area contributed by atoms with Crippen molar-refractivity contribution < 1.29 is 37.7 Å². The number of carbonyl (C=O) groups is 1. The van der Waals surface area contributed by atoms with Crippen LogP contribution in [-0.4, -0.2) is 54.2 Å². The molecule has 1 fully saturated rings. The molecule has 1 saturated heterocycles. The number of esters is 1. The van der Waals surface area contributed by atoms with E-state index < -0.39 is 35.1 Å². The number of benzene rings is 2. The van der Waals surface area contributed by atoms with E-state index in [0.717, 1.165) is 12.1 Å². The van der Waals surface area contributed by atoms with Crippen molar-refractivity contribution in [3.63, 3.8) is 0 Å². The maximum Gasteiger partial charge on any atom is 0.306 e. The van der Waals surface area contributed by atoms with Crippen LogP contribution < -0.4 is 9.64 Å². The first-order valence-electron chi connectivity index (χ1n) is 10.5. The molecule has 2 aromatic carbocycles. The molecule has 2 aromatic rings. The Morgan fingerprint density at radius 2 is 1.94 bits per heavy atom. The maximum absolute atomic E-state index is 14.2. The second-order valence-electron chi connectivity index (χ2n) is 7.88. The summed E-state index contributed by atoms with van der Waals surface area (Å²) in [4.78, 5) is 12.9. The Hall–Kier alpha value is -2.49. The van der Waals surface area contributed by atoms with E-state index >= 15 is 0 Å². The summed E-state index contributed by atoms with van der Waals surface area (Å²) < 4.78 is 52.8. The lowest BCUT2D eigenvalue weighted by Crippen LogP contribution is -2.58. The van der Waals surface area contributed by atoms with Crippen LogP contribution >= 0.6 is 11.6 Å². The zero-order chi connectivity index (χ0) is 24.2. The monoisotopic (exact) mass is 487 g/mol. The Balaban J connectivity index is 1.67. The molecule has 0 aliphatic carbocycles. The van der Waals surface area contributed by atoms with Crippen LogP contribution in [0.4, 0.5) is 18.9 Å². The number of aliphatic hydroxyl groups is 2. The normalized spacial score (nSPS) is 20.6. The van der Waals surface area contributed by atoms with Crippen molar-refractivity contribution >= 4 is 23.3 Å². The van der Waals surface area contributed by atoms with Crippen LogP contribution in [-0.2, 0) is 16.0 Å². The number of rotatable bonds is 8. The zero-order valence-corrected chi connectivity index (χ0v) is 18.7. The van der Waals surface area contributed by atoms with E-state index in [4.69, 9.17) is 21.1 Å². The first kappa shape index (κ1) is 25.1. The Labute approximate surface area is 194 Å². The number of aliphatic hydroxyl groups excluding tert-OH is 1. The Morgan fingerprint density at radius 3 is 2.58 bits per heavy atom. The summed E-state index contributed by atoms with van der Waals surface area (Å²) in [6.07, 6.45) is -1.25. The summed E-state index contributed by atoms with van der Waals surface area (Å²) in [7, 11) is 0. The molecule has 2 atom stereocenters. The Morgan fingerprint density at radius 1 is 1.24 bits per heavy atom. The third kappa shape index (κ3) is 6.10. The molecule has 6 nitrogen and oxygen atoms in total. The number of hydrogen-bond donors (Lipinski definition) is 2. The van der Waals surface area contributed by atoms with Crippen molar-refractivity contribution in [3.05, 3.63) is 58.4 Å². The third-order valence-electron chi connectivity index (χ3n) is 5.53. The average Bonchev–Trinajstić information content (AvgIpc) is 2.74. The molecule has 0 amide bonds. The highest BCUT2D eigenvalue weighted by molar-refractivity contribution is 6.30. The van der Waals surface area contributed by atoms with Crippen LogP contribution in [0.15, 0.2) is 30.3 Å². The van der Waals surface area contributed by atoms with Crippen LogP contribution in [0.25, 0.3) is 0 Å². The Kier molecular flexibility index (Phi) is 8.10. The summed E-state index contributed by atoms with van der Waals surface area (Å²) in [5, 5.41) is 21.4. The molecule has 1 heterocycles. The second-order valence-corrected chi connectivity index (χ2v) is 8.32. The molecule has 180 valence electrons. The number of β-amino-alcohol motifs (C(OH)–C–C–N with tert-alkyl or cyclic N) is 1. The number of ether oxygens (including phenoxy) is 2. The average molecular weight is 488 g/mol. The largest absolute Gasteiger partial charge is 0.490 e. The highest BCUT2D eigenvalue weighted by Gasteiger charge is 2.42. The standard InChI is InChI=1S/C23H25ClF3NO5/c1-2-32-21(30)6-3-14-9-16(25)4-5-19(14)33-13-23(31)7-8-28(12-20(23)29)22-17(26)10-15(24)11-18(22)27/h4-5,9-11,20,29,31H,2-3,6-8,12-13H2,1H3/t20-,23-/m1/s1. The molecule has 1 aliphatic heterocycles. The minimum Gasteiger partial charge on any atom is -0.490 e. The molecule has 0 aromatic heterocycles. The van der Waals surface area contributed by atoms with Gasteiger partial charge in [-0.15, -0.1) is 0 Å². The van der Waals surface area contributed by atoms with Crippen LogP contribution in [0, 0.1) is 17.5 Å². The number of aryl methyl sites for hydroxylation is 1. The predicted octanol–water partition coefficient (Wildman–Crippen LogP) is 3.63. The topological polar surface area (TPSA) is 79.2 Å². The third-order valence-corrected chi connectivity index (χ3v) is 5.75. The van der Waals surface area contributed by atoms with Gasteiger partial charge in [0.2, 0.25) is 0 Å². The number of hydrogen-bond acceptors (Lipinski definition) is 6. The summed E-state index contributed by atoms with van der Waals surface area (Å²) >= 11 is 5.66. The van der Waals surface area contributed by atoms with E-state index in [1.165, 1.54) is 23.1 Å². The number of piperidine rings is 1. The van der Waals surface area contributed by atoms with E-state index in [-0.39, 0.29) is 62.0 Å². The lowest BCUT2D eigenvalue weighted by molar-refractivity contribution is -0.143. The fourth-order valence-corrected chi connectivity index (χ4v) is 3.92. The molecule has 0 bridgehead atoms. The summed E-state index contributed by atoms with van der Waals surface area (Å²) in [6, 6.07) is 5.73. The minimum atomic E-state index is -1.71. The highest BCUT2D eigenvalue weighted by Crippen LogP contribution is 2.33. The lowest BCUT2D eigenvalue weighted by Gasteiger charge is -2.42. The van der Waals surface area contributed by atoms with Gasteiger partial charge in [0, 0.05) is 24.5 Å². The van der Waals surface area contributed by atoms with Crippen molar-refractivity contribution in [1.29, 1.82) is 0 Å². The fourth-order valence-electron chi connectivity index (χ4n) is 3.73. The number of nitrogens with zero attached hydrogens (tertiary/aromatic N) is 1. The van der Waals surface area contributed by atoms with Crippen molar-refractivity contribution in [2.75, 3.05) is 31.2 Å². The van der Waals surface area contributed by atoms with Gasteiger partial charge in [-0.2, -0.15) is 0 Å². The van der Waals surface area contributed by atoms with Crippen LogP contribution in [0.1, 0.15) is 25.3 Å². The maximum atomic E-state index is 14.2. The fraction of sp³-hybridized carbons (Fsp3) is 0.435. The van der Waals surface area contributed by atoms with E-state index in [1.807, 2.05) is 0 Å². The summed E-state index contributed by atoms with van der Waals surface area (Å²) in [6.45, 7) is 1.38. The first-order chi connectivity index (χ1) is 15.6. The molecule has 10 heteroatoms. The molecule has 0 radical (unpaired) electrons. The van der Waals surface area contributed by atoms with Gasteiger partial charge in [-0.3, -0.25) is 4.79 Å². The number of carbonyl (C=O) groups excluding carboxylic acids is 1. The minimum absolute atomic E-state index is 0.0216. The molecule has 1 aliphatic rings. The van der Waals surface area contributed by atoms with Gasteiger partial charge >= 0.3 is 5.97 Å². The van der Waals surface area contributed by atoms with Crippen LogP contribution in [0.2, 0.25) is 5.02 Å². The molecular weight excluding hydrogens is 463 g/mol. The summed E-state index contributed by atoms with van der Waals surface area (Å²) in [5.41, 5.74) is -1.63. The predicted molar refractivity (Wildman–Crippen MR) is 116 cm³/mol. The van der Waals surface area contributed by atoms with E-state index in [2.05, 4.69) is 0 Å². The van der Waals surface area contributed by atoms with Crippen LogP contribution in [0.5, 0.6) is 5.75 Å². The molecule has 0 spiro atoms. The quantitative estimate of drug-likeness (QED) is 0.554.